The van der Waals surface area contributed by atoms with Gasteiger partial charge in [-0.2, -0.15) is 5.10 Å². The van der Waals surface area contributed by atoms with Crippen molar-refractivity contribution in [2.75, 3.05) is 11.7 Å². The molecule has 0 fully saturated rings. The molecule has 0 aromatic heterocycles. The molecular formula is C25H23N3O3. The summed E-state index contributed by atoms with van der Waals surface area (Å²) in [6, 6.07) is 17.7. The van der Waals surface area contributed by atoms with Crippen LogP contribution in [0.5, 0.6) is 11.5 Å². The van der Waals surface area contributed by atoms with Gasteiger partial charge in [0.25, 0.3) is 5.91 Å². The lowest BCUT2D eigenvalue weighted by Gasteiger charge is -2.17. The first-order valence-electron chi connectivity index (χ1n) is 10.2. The number of nitrogens with one attached hydrogen (secondary N) is 1. The van der Waals surface area contributed by atoms with Crippen molar-refractivity contribution in [1.29, 1.82) is 0 Å². The summed E-state index contributed by atoms with van der Waals surface area (Å²) < 4.78 is 10.6. The van der Waals surface area contributed by atoms with Gasteiger partial charge in [0.1, 0.15) is 0 Å². The van der Waals surface area contributed by atoms with Crippen LogP contribution in [0.4, 0.5) is 5.69 Å². The summed E-state index contributed by atoms with van der Waals surface area (Å²) in [5.41, 5.74) is 10.5. The number of hydrazone groups is 1. The van der Waals surface area contributed by atoms with Gasteiger partial charge in [-0.15, -0.1) is 0 Å². The van der Waals surface area contributed by atoms with Crippen LogP contribution >= 0.6 is 0 Å². The van der Waals surface area contributed by atoms with E-state index < -0.39 is 0 Å². The smallest absolute Gasteiger partial charge is 0.271 e. The molecule has 1 N–H and O–H groups in total. The Morgan fingerprint density at radius 2 is 1.61 bits per heavy atom. The zero-order valence-electron chi connectivity index (χ0n) is 17.5. The Morgan fingerprint density at radius 1 is 0.935 bits per heavy atom. The van der Waals surface area contributed by atoms with Crippen molar-refractivity contribution in [3.63, 3.8) is 0 Å². The largest absolute Gasteiger partial charge is 0.454 e. The average Bonchev–Trinajstić information content (AvgIpc) is 3.40. The minimum Gasteiger partial charge on any atom is -0.454 e. The number of anilines is 1. The highest BCUT2D eigenvalue weighted by Crippen LogP contribution is 2.32. The third-order valence-corrected chi connectivity index (χ3v) is 5.81. The molecule has 1 amide bonds. The lowest BCUT2D eigenvalue weighted by atomic mass is 10.0. The normalized spacial score (nSPS) is 14.2. The number of aryl methyl sites for hydroxylation is 2. The van der Waals surface area contributed by atoms with Crippen LogP contribution in [0, 0.1) is 13.8 Å². The third kappa shape index (κ3) is 3.84. The van der Waals surface area contributed by atoms with Crippen molar-refractivity contribution in [2.24, 2.45) is 5.10 Å². The zero-order valence-corrected chi connectivity index (χ0v) is 17.5. The van der Waals surface area contributed by atoms with E-state index in [0.717, 1.165) is 24.3 Å². The summed E-state index contributed by atoms with van der Waals surface area (Å²) in [4.78, 5) is 14.7. The number of carbonyl (C=O) groups excluding carboxylic acids is 1. The van der Waals surface area contributed by atoms with Gasteiger partial charge in [-0.25, -0.2) is 5.43 Å². The van der Waals surface area contributed by atoms with Gasteiger partial charge in [0.2, 0.25) is 6.79 Å². The van der Waals surface area contributed by atoms with Crippen LogP contribution in [0.25, 0.3) is 0 Å². The van der Waals surface area contributed by atoms with Crippen LogP contribution in [0.2, 0.25) is 0 Å². The topological polar surface area (TPSA) is 63.2 Å². The number of hydrogen-bond acceptors (Lipinski definition) is 5. The van der Waals surface area contributed by atoms with Crippen LogP contribution in [0.3, 0.4) is 0 Å². The number of benzene rings is 3. The maximum Gasteiger partial charge on any atom is 0.271 e. The number of carbonyl (C=O) groups is 1. The molecule has 0 radical (unpaired) electrons. The summed E-state index contributed by atoms with van der Waals surface area (Å²) in [5.74, 6) is 1.15. The number of hydrogen-bond donors (Lipinski definition) is 1. The van der Waals surface area contributed by atoms with Gasteiger partial charge in [0.15, 0.2) is 11.5 Å². The van der Waals surface area contributed by atoms with Crippen LogP contribution in [-0.4, -0.2) is 18.9 Å². The fourth-order valence-electron chi connectivity index (χ4n) is 3.93. The Kier molecular flexibility index (Phi) is 4.82. The fraction of sp³-hybridized carbons (Fsp3) is 0.200. The second-order valence-electron chi connectivity index (χ2n) is 7.92. The molecule has 2 aliphatic rings. The van der Waals surface area contributed by atoms with Crippen LogP contribution in [0.15, 0.2) is 59.7 Å². The van der Waals surface area contributed by atoms with Crippen LogP contribution in [-0.2, 0) is 13.1 Å². The molecule has 0 unspecified atom stereocenters. The van der Waals surface area contributed by atoms with E-state index in [1.54, 1.807) is 6.21 Å². The van der Waals surface area contributed by atoms with E-state index in [0.29, 0.717) is 17.1 Å². The lowest BCUT2D eigenvalue weighted by Crippen LogP contribution is -2.18. The van der Waals surface area contributed by atoms with Crippen molar-refractivity contribution in [3.05, 3.63) is 88.0 Å². The summed E-state index contributed by atoms with van der Waals surface area (Å²) >= 11 is 0. The molecule has 31 heavy (non-hydrogen) atoms. The van der Waals surface area contributed by atoms with Crippen molar-refractivity contribution >= 4 is 17.8 Å². The quantitative estimate of drug-likeness (QED) is 0.511. The molecule has 2 aliphatic heterocycles. The van der Waals surface area contributed by atoms with Gasteiger partial charge in [0, 0.05) is 24.3 Å². The van der Waals surface area contributed by atoms with E-state index in [1.807, 2.05) is 42.5 Å². The minimum absolute atomic E-state index is 0.228. The van der Waals surface area contributed by atoms with E-state index in [-0.39, 0.29) is 12.7 Å². The number of nitrogens with zero attached hydrogens (tertiary/aromatic N) is 2. The summed E-state index contributed by atoms with van der Waals surface area (Å²) in [5, 5.41) is 4.06. The van der Waals surface area contributed by atoms with Crippen LogP contribution in [0.1, 0.15) is 38.2 Å². The maximum atomic E-state index is 12.4. The van der Waals surface area contributed by atoms with Crippen molar-refractivity contribution in [3.8, 4) is 11.5 Å². The number of rotatable bonds is 4. The molecule has 0 spiro atoms. The maximum absolute atomic E-state index is 12.4. The summed E-state index contributed by atoms with van der Waals surface area (Å²) in [7, 11) is 0. The molecule has 0 bridgehead atoms. The summed E-state index contributed by atoms with van der Waals surface area (Å²) in [6.45, 7) is 6.32. The molecule has 0 atom stereocenters. The molecule has 0 saturated carbocycles. The predicted octanol–water partition coefficient (Wildman–Crippen LogP) is 4.32. The van der Waals surface area contributed by atoms with Crippen molar-refractivity contribution < 1.29 is 14.3 Å². The molecule has 0 aliphatic carbocycles. The standard InChI is InChI=1S/C25H23N3O3/c1-16-9-20-13-28(14-21(20)10-17(16)2)22-6-4-19(5-7-22)25(29)27-26-12-18-3-8-23-24(11-18)31-15-30-23/h3-12H,13-15H2,1-2H3,(H,27,29). The molecule has 156 valence electrons. The Balaban J connectivity index is 1.21. The first-order chi connectivity index (χ1) is 15.1. The Labute approximate surface area is 181 Å². The first kappa shape index (κ1) is 19.2. The van der Waals surface area contributed by atoms with Crippen LogP contribution < -0.4 is 19.8 Å². The Bertz CT molecular complexity index is 1150. The van der Waals surface area contributed by atoms with E-state index in [1.165, 1.54) is 22.3 Å². The Morgan fingerprint density at radius 3 is 2.32 bits per heavy atom. The number of fused-ring (bicyclic) bond motifs is 2. The minimum atomic E-state index is -0.250. The molecule has 3 aromatic rings. The van der Waals surface area contributed by atoms with Gasteiger partial charge < -0.3 is 14.4 Å². The van der Waals surface area contributed by atoms with E-state index in [4.69, 9.17) is 9.47 Å². The fourth-order valence-corrected chi connectivity index (χ4v) is 3.93. The van der Waals surface area contributed by atoms with Gasteiger partial charge in [-0.3, -0.25) is 4.79 Å². The number of amides is 1. The van der Waals surface area contributed by atoms with E-state index >= 15 is 0 Å². The van der Waals surface area contributed by atoms with Crippen molar-refractivity contribution in [1.82, 2.24) is 5.43 Å². The van der Waals surface area contributed by atoms with E-state index in [9.17, 15) is 4.79 Å². The monoisotopic (exact) mass is 413 g/mol. The SMILES string of the molecule is Cc1cc2c(cc1C)CN(c1ccc(C(=O)NN=Cc3ccc4c(c3)OCO4)cc1)C2. The van der Waals surface area contributed by atoms with Gasteiger partial charge in [-0.1, -0.05) is 12.1 Å². The zero-order chi connectivity index (χ0) is 21.4. The van der Waals surface area contributed by atoms with E-state index in [2.05, 4.69) is 41.4 Å². The molecule has 3 aromatic carbocycles. The van der Waals surface area contributed by atoms with Gasteiger partial charge in [0.05, 0.1) is 6.21 Å². The molecular weight excluding hydrogens is 390 g/mol. The third-order valence-electron chi connectivity index (χ3n) is 5.81. The van der Waals surface area contributed by atoms with Gasteiger partial charge in [-0.05, 0) is 84.1 Å². The predicted molar refractivity (Wildman–Crippen MR) is 120 cm³/mol. The lowest BCUT2D eigenvalue weighted by molar-refractivity contribution is 0.0955. The Hall–Kier alpha value is -3.80. The average molecular weight is 413 g/mol. The molecule has 2 heterocycles. The number of ether oxygens (including phenoxy) is 2. The first-order valence-corrected chi connectivity index (χ1v) is 10.2. The molecule has 0 saturated heterocycles. The highest BCUT2D eigenvalue weighted by molar-refractivity contribution is 5.95. The molecule has 6 nitrogen and oxygen atoms in total. The molecule has 5 rings (SSSR count). The van der Waals surface area contributed by atoms with Gasteiger partial charge >= 0.3 is 0 Å². The highest BCUT2D eigenvalue weighted by atomic mass is 16.7. The van der Waals surface area contributed by atoms with Crippen molar-refractivity contribution in [2.45, 2.75) is 26.9 Å². The highest BCUT2D eigenvalue weighted by Gasteiger charge is 2.20. The second kappa shape index (κ2) is 7.80. The summed E-state index contributed by atoms with van der Waals surface area (Å²) in [6.07, 6.45) is 1.58. The second-order valence-corrected chi connectivity index (χ2v) is 7.92. The molecule has 6 heteroatoms.